The molecule has 0 aromatic heterocycles. The van der Waals surface area contributed by atoms with Gasteiger partial charge in [0.05, 0.1) is 0 Å². The fraction of sp³-hybridized carbons (Fsp3) is 0.500. The summed E-state index contributed by atoms with van der Waals surface area (Å²) < 4.78 is 6.09. The summed E-state index contributed by atoms with van der Waals surface area (Å²) in [5.74, 6) is 1.19. The van der Waals surface area contributed by atoms with E-state index in [1.165, 1.54) is 11.1 Å². The van der Waals surface area contributed by atoms with E-state index in [1.807, 2.05) is 12.1 Å². The topological polar surface area (TPSA) is 87.1 Å². The van der Waals surface area contributed by atoms with Crippen LogP contribution in [0, 0.1) is 5.92 Å². The second kappa shape index (κ2) is 5.18. The Balaban J connectivity index is 0.000000455. The summed E-state index contributed by atoms with van der Waals surface area (Å²) >= 11 is 0. The maximum atomic E-state index is 10.4. The van der Waals surface area contributed by atoms with Crippen LogP contribution in [-0.2, 0) is 21.4 Å². The second-order valence-corrected chi connectivity index (χ2v) is 7.01. The van der Waals surface area contributed by atoms with E-state index in [2.05, 4.69) is 18.0 Å². The number of piperidine rings is 1. The molecule has 2 heterocycles. The van der Waals surface area contributed by atoms with Crippen molar-refractivity contribution < 1.29 is 24.5 Å². The van der Waals surface area contributed by atoms with E-state index in [4.69, 9.17) is 14.3 Å². The Bertz CT molecular complexity index is 754. The minimum absolute atomic E-state index is 0.160. The number of aromatic hydroxyl groups is 1. The Labute approximate surface area is 139 Å². The molecule has 0 radical (unpaired) electrons. The van der Waals surface area contributed by atoms with E-state index in [-0.39, 0.29) is 23.4 Å². The molecule has 1 spiro atoms. The van der Waals surface area contributed by atoms with Crippen molar-refractivity contribution in [2.75, 3.05) is 13.6 Å². The van der Waals surface area contributed by atoms with Crippen molar-refractivity contribution in [3.05, 3.63) is 35.4 Å². The van der Waals surface area contributed by atoms with Crippen LogP contribution in [0.3, 0.4) is 0 Å². The van der Waals surface area contributed by atoms with Crippen molar-refractivity contribution in [2.24, 2.45) is 5.92 Å². The van der Waals surface area contributed by atoms with Crippen molar-refractivity contribution in [3.8, 4) is 11.5 Å². The van der Waals surface area contributed by atoms with Crippen LogP contribution in [0.15, 0.2) is 24.3 Å². The molecule has 1 fully saturated rings. The van der Waals surface area contributed by atoms with Crippen LogP contribution in [-0.4, -0.2) is 53.1 Å². The highest BCUT2D eigenvalue weighted by atomic mass is 16.5. The maximum Gasteiger partial charge on any atom is 0.373 e. The highest BCUT2D eigenvalue weighted by molar-refractivity contribution is 5.61. The molecule has 4 aliphatic rings. The molecule has 1 saturated heterocycles. The first-order valence-electron chi connectivity index (χ1n) is 8.12. The molecular formula is C18H19NO5. The quantitative estimate of drug-likeness (QED) is 0.679. The zero-order valence-electron chi connectivity index (χ0n) is 13.3. The second-order valence-electron chi connectivity index (χ2n) is 7.01. The normalized spacial score (nSPS) is 37.6. The van der Waals surface area contributed by atoms with Gasteiger partial charge in [0.1, 0.15) is 12.2 Å². The van der Waals surface area contributed by atoms with Gasteiger partial charge in [-0.1, -0.05) is 18.2 Å². The van der Waals surface area contributed by atoms with Crippen LogP contribution in [0.5, 0.6) is 11.5 Å². The maximum absolute atomic E-state index is 10.4. The van der Waals surface area contributed by atoms with Gasteiger partial charge in [-0.2, -0.15) is 9.59 Å². The molecular weight excluding hydrogens is 310 g/mol. The Morgan fingerprint density at radius 2 is 2.08 bits per heavy atom. The zero-order valence-corrected chi connectivity index (χ0v) is 13.3. The van der Waals surface area contributed by atoms with Gasteiger partial charge >= 0.3 is 6.15 Å². The van der Waals surface area contributed by atoms with Crippen molar-refractivity contribution in [2.45, 2.75) is 36.5 Å². The number of benzene rings is 1. The van der Waals surface area contributed by atoms with Gasteiger partial charge in [-0.15, -0.1) is 0 Å². The van der Waals surface area contributed by atoms with Crippen molar-refractivity contribution in [3.63, 3.8) is 0 Å². The summed E-state index contributed by atoms with van der Waals surface area (Å²) in [6.07, 6.45) is 5.43. The zero-order chi connectivity index (χ0) is 17.1. The monoisotopic (exact) mass is 329 g/mol. The number of aliphatic hydroxyl groups is 1. The van der Waals surface area contributed by atoms with E-state index < -0.39 is 6.10 Å². The highest BCUT2D eigenvalue weighted by Crippen LogP contribution is 2.62. The van der Waals surface area contributed by atoms with Crippen molar-refractivity contribution in [1.29, 1.82) is 0 Å². The molecule has 6 nitrogen and oxygen atoms in total. The lowest BCUT2D eigenvalue weighted by molar-refractivity contribution is -0.191. The van der Waals surface area contributed by atoms with E-state index in [0.717, 1.165) is 19.4 Å². The minimum Gasteiger partial charge on any atom is -0.504 e. The summed E-state index contributed by atoms with van der Waals surface area (Å²) in [5.41, 5.74) is 2.29. The lowest BCUT2D eigenvalue weighted by Gasteiger charge is -2.56. The van der Waals surface area contributed by atoms with Crippen LogP contribution in [0.25, 0.3) is 0 Å². The van der Waals surface area contributed by atoms with Gasteiger partial charge in [-0.3, -0.25) is 0 Å². The average Bonchev–Trinajstić information content (AvgIpc) is 2.91. The molecule has 6 heteroatoms. The molecule has 0 saturated carbocycles. The Morgan fingerprint density at radius 3 is 2.83 bits per heavy atom. The average molecular weight is 329 g/mol. The molecule has 2 aliphatic heterocycles. The molecule has 5 rings (SSSR count). The predicted octanol–water partition coefficient (Wildman–Crippen LogP) is 0.615. The highest BCUT2D eigenvalue weighted by Gasteiger charge is 2.64. The van der Waals surface area contributed by atoms with Crippen LogP contribution < -0.4 is 4.74 Å². The number of aliphatic hydroxyl groups excluding tert-OH is 1. The van der Waals surface area contributed by atoms with Crippen LogP contribution in [0.1, 0.15) is 17.5 Å². The van der Waals surface area contributed by atoms with Crippen LogP contribution in [0.2, 0.25) is 0 Å². The number of likely N-dealkylation sites (tertiary alicyclic amines) is 1. The van der Waals surface area contributed by atoms with E-state index in [9.17, 15) is 10.2 Å². The fourth-order valence-electron chi connectivity index (χ4n) is 5.24. The number of likely N-dealkylation sites (N-methyl/N-ethyl adjacent to an activating group) is 1. The van der Waals surface area contributed by atoms with E-state index >= 15 is 0 Å². The summed E-state index contributed by atoms with van der Waals surface area (Å²) in [5, 5.41) is 20.6. The van der Waals surface area contributed by atoms with Gasteiger partial charge in [-0.25, -0.2) is 0 Å². The lowest BCUT2D eigenvalue weighted by atomic mass is 9.53. The molecule has 126 valence electrons. The Kier molecular flexibility index (Phi) is 3.32. The summed E-state index contributed by atoms with van der Waals surface area (Å²) in [7, 11) is 2.19. The lowest BCUT2D eigenvalue weighted by Crippen LogP contribution is -2.64. The number of carbonyl (C=O) groups excluding carboxylic acids is 2. The number of phenols is 1. The summed E-state index contributed by atoms with van der Waals surface area (Å²) in [6, 6.07) is 4.23. The number of ether oxygens (including phenoxy) is 1. The molecule has 0 unspecified atom stereocenters. The van der Waals surface area contributed by atoms with Gasteiger partial charge in [0, 0.05) is 22.9 Å². The molecule has 2 aliphatic carbocycles. The number of nitrogens with zero attached hydrogens (tertiary/aromatic N) is 1. The number of hydrogen-bond donors (Lipinski definition) is 2. The molecule has 1 aromatic rings. The first-order valence-corrected chi connectivity index (χ1v) is 8.12. The molecule has 5 atom stereocenters. The van der Waals surface area contributed by atoms with Crippen LogP contribution in [0.4, 0.5) is 0 Å². The summed E-state index contributed by atoms with van der Waals surface area (Å²) in [4.78, 5) is 18.7. The van der Waals surface area contributed by atoms with Crippen molar-refractivity contribution in [1.82, 2.24) is 4.90 Å². The number of rotatable bonds is 0. The largest absolute Gasteiger partial charge is 0.504 e. The third-order valence-corrected chi connectivity index (χ3v) is 6.15. The molecule has 0 amide bonds. The third-order valence-electron chi connectivity index (χ3n) is 6.15. The third kappa shape index (κ3) is 1.73. The summed E-state index contributed by atoms with van der Waals surface area (Å²) in [6.45, 7) is 1.01. The fourth-order valence-corrected chi connectivity index (χ4v) is 5.24. The van der Waals surface area contributed by atoms with Gasteiger partial charge in [0.2, 0.25) is 0 Å². The van der Waals surface area contributed by atoms with Crippen molar-refractivity contribution >= 4 is 6.15 Å². The van der Waals surface area contributed by atoms with Crippen LogP contribution >= 0.6 is 0 Å². The molecule has 2 bridgehead atoms. The SMILES string of the molecule is CN1CC[C@]23c4c5ccc(O)c4O[C@H]2[C@@H](O)C=C[C@H]3[C@H]1C5.O=C=O. The smallest absolute Gasteiger partial charge is 0.373 e. The number of hydrogen-bond acceptors (Lipinski definition) is 6. The van der Waals surface area contributed by atoms with Gasteiger partial charge in [0.15, 0.2) is 11.5 Å². The van der Waals surface area contributed by atoms with Gasteiger partial charge in [-0.05, 0) is 38.1 Å². The molecule has 24 heavy (non-hydrogen) atoms. The predicted molar refractivity (Wildman–Crippen MR) is 82.6 cm³/mol. The first-order chi connectivity index (χ1) is 11.5. The Morgan fingerprint density at radius 1 is 1.33 bits per heavy atom. The van der Waals surface area contributed by atoms with Gasteiger partial charge in [0.25, 0.3) is 0 Å². The molecule has 2 N–H and O–H groups in total. The van der Waals surface area contributed by atoms with E-state index in [1.54, 1.807) is 6.07 Å². The standard InChI is InChI=1S/C17H19NO3.CO2/c1-18-7-6-17-10-3-5-13(20)16(17)21-15-12(19)4-2-9(14(15)17)8-11(10)18;2-1-3/h2-5,10-11,13,16,19-20H,6-8H2,1H3;/t10-,11+,13-,16-,17-;/m0./s1. The minimum atomic E-state index is -0.594. The molecule has 1 aromatic carbocycles. The first kappa shape index (κ1) is 15.4. The van der Waals surface area contributed by atoms with E-state index in [0.29, 0.717) is 17.7 Å². The van der Waals surface area contributed by atoms with Gasteiger partial charge < -0.3 is 19.8 Å². The Hall–Kier alpha value is -2.14. The number of phenolic OH excluding ortho intramolecular Hbond substituents is 1.